The van der Waals surface area contributed by atoms with E-state index >= 15 is 0 Å². The highest BCUT2D eigenvalue weighted by Gasteiger charge is 2.22. The van der Waals surface area contributed by atoms with Gasteiger partial charge in [-0.05, 0) is 17.7 Å². The van der Waals surface area contributed by atoms with Crippen LogP contribution in [0.25, 0.3) is 0 Å². The number of rotatable bonds is 4. The maximum atomic E-state index is 11.3. The third kappa shape index (κ3) is 2.58. The molecular weight excluding hydrogens is 244 g/mol. The summed E-state index contributed by atoms with van der Waals surface area (Å²) in [6, 6.07) is 13.6. The van der Waals surface area contributed by atoms with Crippen LogP contribution in [0.1, 0.15) is 27.6 Å². The highest BCUT2D eigenvalue weighted by molar-refractivity contribution is 5.90. The van der Waals surface area contributed by atoms with Gasteiger partial charge >= 0.3 is 5.97 Å². The second-order valence-electron chi connectivity index (χ2n) is 4.04. The zero-order valence-corrected chi connectivity index (χ0v) is 10.4. The average molecular weight is 258 g/mol. The summed E-state index contributed by atoms with van der Waals surface area (Å²) in [6.45, 7) is 0. The number of carboxylic acids is 1. The van der Waals surface area contributed by atoms with Gasteiger partial charge in [-0.2, -0.15) is 0 Å². The van der Waals surface area contributed by atoms with E-state index in [1.807, 2.05) is 6.07 Å². The van der Waals surface area contributed by atoms with Crippen molar-refractivity contribution in [3.05, 3.63) is 65.2 Å². The van der Waals surface area contributed by atoms with Gasteiger partial charge in [-0.3, -0.25) is 0 Å². The zero-order chi connectivity index (χ0) is 13.8. The molecule has 98 valence electrons. The number of ether oxygens (including phenoxy) is 1. The minimum atomic E-state index is -1.09. The van der Waals surface area contributed by atoms with E-state index < -0.39 is 12.1 Å². The highest BCUT2D eigenvalue weighted by atomic mass is 16.5. The first-order chi connectivity index (χ1) is 9.15. The molecule has 1 unspecified atom stereocenters. The predicted molar refractivity (Wildman–Crippen MR) is 70.5 cm³/mol. The molecule has 0 aliphatic rings. The molecule has 0 saturated heterocycles. The maximum absolute atomic E-state index is 11.3. The average Bonchev–Trinajstić information content (AvgIpc) is 2.46. The monoisotopic (exact) mass is 258 g/mol. The van der Waals surface area contributed by atoms with E-state index in [1.165, 1.54) is 13.2 Å². The molecular formula is C15H14O4. The molecule has 0 aliphatic heterocycles. The van der Waals surface area contributed by atoms with Crippen LogP contribution < -0.4 is 4.74 Å². The number of methoxy groups -OCH3 is 1. The fraction of sp³-hybridized carbons (Fsp3) is 0.133. The lowest BCUT2D eigenvalue weighted by Gasteiger charge is -2.17. The molecule has 2 aromatic rings. The Morgan fingerprint density at radius 3 is 2.37 bits per heavy atom. The summed E-state index contributed by atoms with van der Waals surface area (Å²) in [4.78, 5) is 11.3. The van der Waals surface area contributed by atoms with Crippen LogP contribution in [0.2, 0.25) is 0 Å². The van der Waals surface area contributed by atoms with E-state index in [9.17, 15) is 15.0 Å². The van der Waals surface area contributed by atoms with Gasteiger partial charge in [0.15, 0.2) is 0 Å². The lowest BCUT2D eigenvalue weighted by atomic mass is 9.96. The summed E-state index contributed by atoms with van der Waals surface area (Å²) in [5.41, 5.74) is 0.925. The first-order valence-electron chi connectivity index (χ1n) is 5.78. The number of hydrogen-bond donors (Lipinski definition) is 2. The van der Waals surface area contributed by atoms with Gasteiger partial charge in [0.1, 0.15) is 11.9 Å². The Labute approximate surface area is 110 Å². The Bertz CT molecular complexity index is 578. The van der Waals surface area contributed by atoms with Crippen molar-refractivity contribution in [1.82, 2.24) is 0 Å². The molecule has 1 atom stereocenters. The second-order valence-corrected chi connectivity index (χ2v) is 4.04. The van der Waals surface area contributed by atoms with E-state index in [-0.39, 0.29) is 11.1 Å². The van der Waals surface area contributed by atoms with Crippen LogP contribution >= 0.6 is 0 Å². The SMILES string of the molecule is COc1cccc(C(=O)O)c1C(O)c1ccccc1. The molecule has 0 aromatic heterocycles. The molecule has 0 fully saturated rings. The van der Waals surface area contributed by atoms with Crippen LogP contribution in [0.4, 0.5) is 0 Å². The van der Waals surface area contributed by atoms with E-state index in [0.29, 0.717) is 11.3 Å². The quantitative estimate of drug-likeness (QED) is 0.884. The first-order valence-corrected chi connectivity index (χ1v) is 5.78. The van der Waals surface area contributed by atoms with Gasteiger partial charge in [0, 0.05) is 5.56 Å². The van der Waals surface area contributed by atoms with Crippen molar-refractivity contribution in [2.75, 3.05) is 7.11 Å². The van der Waals surface area contributed by atoms with Crippen molar-refractivity contribution in [1.29, 1.82) is 0 Å². The van der Waals surface area contributed by atoms with Crippen LogP contribution in [-0.2, 0) is 0 Å². The van der Waals surface area contributed by atoms with Crippen molar-refractivity contribution in [3.8, 4) is 5.75 Å². The number of benzene rings is 2. The first kappa shape index (κ1) is 13.1. The molecule has 0 heterocycles. The van der Waals surface area contributed by atoms with Gasteiger partial charge in [-0.25, -0.2) is 4.79 Å². The van der Waals surface area contributed by atoms with Gasteiger partial charge in [0.2, 0.25) is 0 Å². The Morgan fingerprint density at radius 1 is 1.11 bits per heavy atom. The van der Waals surface area contributed by atoms with Crippen molar-refractivity contribution in [2.24, 2.45) is 0 Å². The van der Waals surface area contributed by atoms with Gasteiger partial charge in [-0.1, -0.05) is 36.4 Å². The molecule has 0 saturated carbocycles. The molecule has 0 radical (unpaired) electrons. The minimum absolute atomic E-state index is 0.0377. The molecule has 2 rings (SSSR count). The van der Waals surface area contributed by atoms with Crippen molar-refractivity contribution < 1.29 is 19.7 Å². The number of hydrogen-bond acceptors (Lipinski definition) is 3. The van der Waals surface area contributed by atoms with Gasteiger partial charge < -0.3 is 14.9 Å². The Morgan fingerprint density at radius 2 is 1.79 bits per heavy atom. The summed E-state index contributed by atoms with van der Waals surface area (Å²) in [6.07, 6.45) is -1.04. The van der Waals surface area contributed by atoms with Crippen LogP contribution in [0.3, 0.4) is 0 Å². The lowest BCUT2D eigenvalue weighted by molar-refractivity contribution is 0.0690. The van der Waals surface area contributed by atoms with E-state index in [2.05, 4.69) is 0 Å². The van der Waals surface area contributed by atoms with E-state index in [4.69, 9.17) is 4.74 Å². The van der Waals surface area contributed by atoms with E-state index in [1.54, 1.807) is 36.4 Å². The molecule has 19 heavy (non-hydrogen) atoms. The second kappa shape index (κ2) is 5.54. The summed E-state index contributed by atoms with van der Waals surface area (Å²) in [5.74, 6) is -0.736. The molecule has 0 spiro atoms. The Balaban J connectivity index is 2.57. The topological polar surface area (TPSA) is 66.8 Å². The van der Waals surface area contributed by atoms with Gasteiger partial charge in [0.25, 0.3) is 0 Å². The zero-order valence-electron chi connectivity index (χ0n) is 10.4. The highest BCUT2D eigenvalue weighted by Crippen LogP contribution is 2.32. The fourth-order valence-corrected chi connectivity index (χ4v) is 1.99. The number of aliphatic hydroxyl groups is 1. The molecule has 2 aromatic carbocycles. The summed E-state index contributed by atoms with van der Waals surface area (Å²) in [7, 11) is 1.45. The third-order valence-electron chi connectivity index (χ3n) is 2.91. The predicted octanol–water partition coefficient (Wildman–Crippen LogP) is 2.48. The summed E-state index contributed by atoms with van der Waals surface area (Å²) < 4.78 is 5.16. The van der Waals surface area contributed by atoms with Crippen LogP contribution in [0.15, 0.2) is 48.5 Å². The van der Waals surface area contributed by atoms with Crippen molar-refractivity contribution in [2.45, 2.75) is 6.10 Å². The van der Waals surface area contributed by atoms with Gasteiger partial charge in [0.05, 0.1) is 12.7 Å². The number of carbonyl (C=O) groups is 1. The Hall–Kier alpha value is -2.33. The molecule has 0 amide bonds. The largest absolute Gasteiger partial charge is 0.496 e. The summed E-state index contributed by atoms with van der Waals surface area (Å²) in [5, 5.41) is 19.6. The minimum Gasteiger partial charge on any atom is -0.496 e. The fourth-order valence-electron chi connectivity index (χ4n) is 1.99. The lowest BCUT2D eigenvalue weighted by Crippen LogP contribution is -2.10. The Kier molecular flexibility index (Phi) is 3.82. The maximum Gasteiger partial charge on any atom is 0.336 e. The number of carboxylic acid groups (broad SMARTS) is 1. The summed E-state index contributed by atoms with van der Waals surface area (Å²) >= 11 is 0. The van der Waals surface area contributed by atoms with Crippen LogP contribution in [0, 0.1) is 0 Å². The smallest absolute Gasteiger partial charge is 0.336 e. The molecule has 4 nitrogen and oxygen atoms in total. The van der Waals surface area contributed by atoms with Crippen molar-refractivity contribution >= 4 is 5.97 Å². The normalized spacial score (nSPS) is 11.9. The van der Waals surface area contributed by atoms with E-state index in [0.717, 1.165) is 0 Å². The van der Waals surface area contributed by atoms with Crippen LogP contribution in [0.5, 0.6) is 5.75 Å². The molecule has 2 N–H and O–H groups in total. The number of aromatic carboxylic acids is 1. The molecule has 0 bridgehead atoms. The molecule has 0 aliphatic carbocycles. The third-order valence-corrected chi connectivity index (χ3v) is 2.91. The van der Waals surface area contributed by atoms with Gasteiger partial charge in [-0.15, -0.1) is 0 Å². The number of aliphatic hydroxyl groups excluding tert-OH is 1. The van der Waals surface area contributed by atoms with Crippen molar-refractivity contribution in [3.63, 3.8) is 0 Å². The van der Waals surface area contributed by atoms with Crippen LogP contribution in [-0.4, -0.2) is 23.3 Å². The standard InChI is InChI=1S/C15H14O4/c1-19-12-9-5-8-11(15(17)18)13(12)14(16)10-6-3-2-4-7-10/h2-9,14,16H,1H3,(H,17,18). The molecule has 4 heteroatoms.